The Labute approximate surface area is 116 Å². The third kappa shape index (κ3) is 2.58. The molecule has 2 fully saturated rings. The monoisotopic (exact) mass is 294 g/mol. The summed E-state index contributed by atoms with van der Waals surface area (Å²) in [6, 6.07) is 0. The molecule has 2 heterocycles. The Morgan fingerprint density at radius 1 is 0.500 bits per heavy atom. The first-order valence-electron chi connectivity index (χ1n) is 6.65. The molecule has 20 heavy (non-hydrogen) atoms. The molecule has 0 aromatic rings. The molecule has 2 aliphatic heterocycles. The van der Waals surface area contributed by atoms with Gasteiger partial charge in [-0.1, -0.05) is 0 Å². The molecule has 8 nitrogen and oxygen atoms in total. The van der Waals surface area contributed by atoms with Gasteiger partial charge in [-0.05, 0) is 13.8 Å². The summed E-state index contributed by atoms with van der Waals surface area (Å²) in [6.45, 7) is 3.02. The predicted molar refractivity (Wildman–Crippen MR) is 64.7 cm³/mol. The van der Waals surface area contributed by atoms with Gasteiger partial charge < -0.3 is 40.1 Å². The van der Waals surface area contributed by atoms with Crippen molar-refractivity contribution in [2.75, 3.05) is 0 Å². The average molecular weight is 294 g/mol. The maximum Gasteiger partial charge on any atom is 0.115 e. The molecule has 0 radical (unpaired) electrons. The lowest BCUT2D eigenvalue weighted by molar-refractivity contribution is -0.292. The van der Waals surface area contributed by atoms with E-state index in [9.17, 15) is 30.6 Å². The topological polar surface area (TPSA) is 140 Å². The van der Waals surface area contributed by atoms with Crippen LogP contribution < -0.4 is 0 Å². The van der Waals surface area contributed by atoms with E-state index in [-0.39, 0.29) is 0 Å². The van der Waals surface area contributed by atoms with Crippen molar-refractivity contribution in [3.63, 3.8) is 0 Å². The Balaban J connectivity index is 2.17. The van der Waals surface area contributed by atoms with E-state index in [1.54, 1.807) is 0 Å². The highest BCUT2D eigenvalue weighted by atomic mass is 16.6. The van der Waals surface area contributed by atoms with Crippen LogP contribution in [0.25, 0.3) is 0 Å². The molecule has 0 amide bonds. The highest BCUT2D eigenvalue weighted by Gasteiger charge is 2.52. The molecule has 0 bridgehead atoms. The molecule has 0 spiro atoms. The lowest BCUT2D eigenvalue weighted by Crippen LogP contribution is -2.67. The number of aliphatic hydroxyl groups excluding tert-OH is 6. The molecule has 2 unspecified atom stereocenters. The van der Waals surface area contributed by atoms with Gasteiger partial charge in [0.1, 0.15) is 48.8 Å². The van der Waals surface area contributed by atoms with Crippen molar-refractivity contribution in [2.45, 2.75) is 74.9 Å². The molecule has 0 aliphatic carbocycles. The predicted octanol–water partition coefficient (Wildman–Crippen LogP) is -3.27. The minimum absolute atomic E-state index is 0.770. The Hall–Kier alpha value is -0.320. The molecule has 2 aliphatic rings. The largest absolute Gasteiger partial charge is 0.388 e. The molecule has 2 saturated heterocycles. The van der Waals surface area contributed by atoms with Gasteiger partial charge in [-0.3, -0.25) is 0 Å². The normalized spacial score (nSPS) is 57.6. The number of rotatable bonds is 1. The van der Waals surface area contributed by atoms with E-state index >= 15 is 0 Å². The summed E-state index contributed by atoms with van der Waals surface area (Å²) < 4.78 is 10.8. The van der Waals surface area contributed by atoms with Gasteiger partial charge in [0.25, 0.3) is 0 Å². The summed E-state index contributed by atoms with van der Waals surface area (Å²) >= 11 is 0. The maximum atomic E-state index is 9.96. The van der Waals surface area contributed by atoms with Crippen molar-refractivity contribution in [1.29, 1.82) is 0 Å². The van der Waals surface area contributed by atoms with E-state index in [2.05, 4.69) is 0 Å². The zero-order valence-electron chi connectivity index (χ0n) is 11.3. The van der Waals surface area contributed by atoms with Crippen LogP contribution in [0.3, 0.4) is 0 Å². The first-order chi connectivity index (χ1) is 9.25. The first-order valence-corrected chi connectivity index (χ1v) is 6.65. The fourth-order valence-electron chi connectivity index (χ4n) is 2.71. The van der Waals surface area contributed by atoms with E-state index in [0.29, 0.717) is 0 Å². The zero-order chi connectivity index (χ0) is 15.2. The van der Waals surface area contributed by atoms with Crippen molar-refractivity contribution in [1.82, 2.24) is 0 Å². The van der Waals surface area contributed by atoms with Crippen molar-refractivity contribution in [2.24, 2.45) is 0 Å². The molecule has 10 atom stereocenters. The lowest BCUT2D eigenvalue weighted by Gasteiger charge is -2.47. The van der Waals surface area contributed by atoms with Crippen LogP contribution in [0.2, 0.25) is 0 Å². The highest BCUT2D eigenvalue weighted by Crippen LogP contribution is 2.30. The number of hydrogen-bond donors (Lipinski definition) is 6. The quantitative estimate of drug-likeness (QED) is 0.296. The smallest absolute Gasteiger partial charge is 0.115 e. The Kier molecular flexibility index (Phi) is 4.67. The molecule has 8 heteroatoms. The van der Waals surface area contributed by atoms with Crippen LogP contribution >= 0.6 is 0 Å². The number of ether oxygens (including phenoxy) is 2. The Bertz CT molecular complexity index is 307. The summed E-state index contributed by atoms with van der Waals surface area (Å²) in [5.41, 5.74) is 0. The van der Waals surface area contributed by atoms with Gasteiger partial charge in [-0.25, -0.2) is 0 Å². The van der Waals surface area contributed by atoms with Gasteiger partial charge in [-0.2, -0.15) is 0 Å². The van der Waals surface area contributed by atoms with E-state index in [0.717, 1.165) is 0 Å². The molecule has 6 N–H and O–H groups in total. The lowest BCUT2D eigenvalue weighted by atomic mass is 9.86. The van der Waals surface area contributed by atoms with Crippen LogP contribution in [0, 0.1) is 0 Å². The van der Waals surface area contributed by atoms with Gasteiger partial charge in [0, 0.05) is 0 Å². The van der Waals surface area contributed by atoms with E-state index in [1.807, 2.05) is 0 Å². The van der Waals surface area contributed by atoms with Crippen LogP contribution in [-0.2, 0) is 9.47 Å². The van der Waals surface area contributed by atoms with Crippen LogP contribution in [0.15, 0.2) is 0 Å². The minimum atomic E-state index is -1.48. The number of hydrogen-bond acceptors (Lipinski definition) is 8. The fraction of sp³-hybridized carbons (Fsp3) is 1.00. The van der Waals surface area contributed by atoms with E-state index < -0.39 is 61.0 Å². The van der Waals surface area contributed by atoms with Crippen LogP contribution in [-0.4, -0.2) is 91.7 Å². The highest BCUT2D eigenvalue weighted by molar-refractivity contribution is 5.01. The molecule has 118 valence electrons. The van der Waals surface area contributed by atoms with Crippen molar-refractivity contribution in [3.05, 3.63) is 0 Å². The standard InChI is InChI=1S/C12H22O8/c1-3-5(13)7(15)9(17)11(19-3)12-10(18)8(16)6(14)4(2)20-12/h3-18H,1-2H3/t3-,4-,5-,6-,7+,8+,9+,10+,11?,12?/m1/s1. The molecule has 0 saturated carbocycles. The third-order valence-corrected chi connectivity index (χ3v) is 4.10. The second-order valence-electron chi connectivity index (χ2n) is 5.56. The maximum absolute atomic E-state index is 9.96. The van der Waals surface area contributed by atoms with Crippen molar-refractivity contribution in [3.8, 4) is 0 Å². The second kappa shape index (κ2) is 5.82. The van der Waals surface area contributed by atoms with Gasteiger partial charge in [0.05, 0.1) is 12.2 Å². The summed E-state index contributed by atoms with van der Waals surface area (Å²) in [6.07, 6.45) is -12.1. The fourth-order valence-corrected chi connectivity index (χ4v) is 2.71. The molecule has 0 aromatic heterocycles. The first kappa shape index (κ1) is 16.1. The van der Waals surface area contributed by atoms with Crippen molar-refractivity contribution < 1.29 is 40.1 Å². The van der Waals surface area contributed by atoms with Crippen LogP contribution in [0.1, 0.15) is 13.8 Å². The SMILES string of the molecule is C[C@H]1OC(C2O[C@H](C)[C@@H](O)[C@H](O)[C@@H]2O)[C@@H](O)[C@@H](O)[C@@H]1O. The van der Waals surface area contributed by atoms with Gasteiger partial charge >= 0.3 is 0 Å². The van der Waals surface area contributed by atoms with Crippen molar-refractivity contribution >= 4 is 0 Å². The third-order valence-electron chi connectivity index (χ3n) is 4.10. The summed E-state index contributed by atoms with van der Waals surface area (Å²) in [5, 5.41) is 58.7. The van der Waals surface area contributed by atoms with Gasteiger partial charge in [0.2, 0.25) is 0 Å². The van der Waals surface area contributed by atoms with Gasteiger partial charge in [-0.15, -0.1) is 0 Å². The summed E-state index contributed by atoms with van der Waals surface area (Å²) in [7, 11) is 0. The molecular formula is C12H22O8. The summed E-state index contributed by atoms with van der Waals surface area (Å²) in [5.74, 6) is 0. The second-order valence-corrected chi connectivity index (χ2v) is 5.56. The molecular weight excluding hydrogens is 272 g/mol. The average Bonchev–Trinajstić information content (AvgIpc) is 2.42. The zero-order valence-corrected chi connectivity index (χ0v) is 11.3. The summed E-state index contributed by atoms with van der Waals surface area (Å²) in [4.78, 5) is 0. The van der Waals surface area contributed by atoms with Crippen LogP contribution in [0.4, 0.5) is 0 Å². The number of aliphatic hydroxyl groups is 6. The molecule has 2 rings (SSSR count). The van der Waals surface area contributed by atoms with E-state index in [1.165, 1.54) is 13.8 Å². The van der Waals surface area contributed by atoms with E-state index in [4.69, 9.17) is 9.47 Å². The molecule has 0 aromatic carbocycles. The van der Waals surface area contributed by atoms with Crippen LogP contribution in [0.5, 0.6) is 0 Å². The van der Waals surface area contributed by atoms with Gasteiger partial charge in [0.15, 0.2) is 0 Å². The Morgan fingerprint density at radius 2 is 0.800 bits per heavy atom. The Morgan fingerprint density at radius 3 is 1.10 bits per heavy atom. The minimum Gasteiger partial charge on any atom is -0.388 e.